The molecular weight excluding hydrogens is 454 g/mol. The Bertz CT molecular complexity index is 1170. The van der Waals surface area contributed by atoms with Gasteiger partial charge in [-0.3, -0.25) is 14.6 Å². The average molecular weight is 478 g/mol. The second kappa shape index (κ2) is 9.35. The van der Waals surface area contributed by atoms with E-state index in [0.29, 0.717) is 16.8 Å². The first-order chi connectivity index (χ1) is 15.0. The van der Waals surface area contributed by atoms with E-state index in [4.69, 9.17) is 11.6 Å². The minimum absolute atomic E-state index is 0.141. The van der Waals surface area contributed by atoms with Crippen molar-refractivity contribution in [2.75, 3.05) is 26.4 Å². The maximum absolute atomic E-state index is 12.6. The summed E-state index contributed by atoms with van der Waals surface area (Å²) in [5, 5.41) is 2.67. The molecule has 9 nitrogen and oxygen atoms in total. The Morgan fingerprint density at radius 2 is 2.00 bits per heavy atom. The summed E-state index contributed by atoms with van der Waals surface area (Å²) in [4.78, 5) is 34.2. The highest BCUT2D eigenvalue weighted by molar-refractivity contribution is 7.88. The van der Waals surface area contributed by atoms with Crippen molar-refractivity contribution in [1.29, 1.82) is 0 Å². The van der Waals surface area contributed by atoms with Crippen LogP contribution in [0.2, 0.25) is 5.15 Å². The van der Waals surface area contributed by atoms with Crippen LogP contribution in [0.1, 0.15) is 29.0 Å². The van der Waals surface area contributed by atoms with Gasteiger partial charge in [0.15, 0.2) is 0 Å². The van der Waals surface area contributed by atoms with Gasteiger partial charge in [-0.15, -0.1) is 0 Å². The van der Waals surface area contributed by atoms with Gasteiger partial charge in [0, 0.05) is 37.9 Å². The first kappa shape index (κ1) is 23.8. The molecule has 0 bridgehead atoms. The Morgan fingerprint density at radius 3 is 2.62 bits per heavy atom. The van der Waals surface area contributed by atoms with Crippen molar-refractivity contribution in [3.8, 4) is 11.3 Å². The van der Waals surface area contributed by atoms with Gasteiger partial charge in [0.2, 0.25) is 15.9 Å². The molecule has 0 aliphatic carbocycles. The molecule has 1 aliphatic heterocycles. The first-order valence-corrected chi connectivity index (χ1v) is 12.0. The zero-order valence-electron chi connectivity index (χ0n) is 17.9. The SMILES string of the molecule is C=CC(=O)N1C[C@@H](C)N(S(C)(=O)=O)[C@H](c2cc(Cl)nc(-c3ccnc(C(=O)NC)c3)c2)C1. The van der Waals surface area contributed by atoms with Crippen molar-refractivity contribution >= 4 is 33.4 Å². The van der Waals surface area contributed by atoms with Gasteiger partial charge < -0.3 is 10.2 Å². The molecule has 0 aromatic carbocycles. The zero-order chi connectivity index (χ0) is 23.6. The van der Waals surface area contributed by atoms with Crippen molar-refractivity contribution in [1.82, 2.24) is 24.5 Å². The molecule has 1 saturated heterocycles. The molecule has 0 spiro atoms. The van der Waals surface area contributed by atoms with Gasteiger partial charge >= 0.3 is 0 Å². The van der Waals surface area contributed by atoms with Crippen molar-refractivity contribution in [3.05, 3.63) is 59.5 Å². The summed E-state index contributed by atoms with van der Waals surface area (Å²) in [5.74, 6) is -0.628. The Balaban J connectivity index is 2.10. The lowest BCUT2D eigenvalue weighted by Gasteiger charge is -2.44. The number of carbonyl (C=O) groups is 2. The third-order valence-electron chi connectivity index (χ3n) is 5.21. The van der Waals surface area contributed by atoms with E-state index in [2.05, 4.69) is 21.9 Å². The molecule has 2 atom stereocenters. The van der Waals surface area contributed by atoms with E-state index in [1.54, 1.807) is 36.1 Å². The maximum Gasteiger partial charge on any atom is 0.269 e. The third kappa shape index (κ3) is 4.98. The predicted molar refractivity (Wildman–Crippen MR) is 122 cm³/mol. The summed E-state index contributed by atoms with van der Waals surface area (Å²) in [7, 11) is -2.09. The molecule has 3 rings (SSSR count). The van der Waals surface area contributed by atoms with Crippen LogP contribution < -0.4 is 5.32 Å². The Kier molecular flexibility index (Phi) is 6.97. The number of piperazine rings is 1. The summed E-state index contributed by atoms with van der Waals surface area (Å²) in [6, 6.07) is 5.43. The number of aromatic nitrogens is 2. The van der Waals surface area contributed by atoms with E-state index in [1.165, 1.54) is 23.6 Å². The van der Waals surface area contributed by atoms with Gasteiger partial charge in [0.25, 0.3) is 5.91 Å². The van der Waals surface area contributed by atoms with Crippen molar-refractivity contribution in [2.24, 2.45) is 0 Å². The molecule has 170 valence electrons. The minimum Gasteiger partial charge on any atom is -0.354 e. The monoisotopic (exact) mass is 477 g/mol. The fourth-order valence-electron chi connectivity index (χ4n) is 3.89. The van der Waals surface area contributed by atoms with Crippen molar-refractivity contribution in [3.63, 3.8) is 0 Å². The van der Waals surface area contributed by atoms with E-state index in [-0.39, 0.29) is 35.8 Å². The highest BCUT2D eigenvalue weighted by Gasteiger charge is 2.40. The van der Waals surface area contributed by atoms with Crippen LogP contribution in [0.4, 0.5) is 0 Å². The summed E-state index contributed by atoms with van der Waals surface area (Å²) in [6.07, 6.45) is 3.84. The average Bonchev–Trinajstić information content (AvgIpc) is 2.76. The Hall–Kier alpha value is -2.82. The topological polar surface area (TPSA) is 113 Å². The van der Waals surface area contributed by atoms with Crippen LogP contribution in [0.15, 0.2) is 43.1 Å². The van der Waals surface area contributed by atoms with E-state index in [1.807, 2.05) is 0 Å². The van der Waals surface area contributed by atoms with Crippen LogP contribution in [-0.2, 0) is 14.8 Å². The van der Waals surface area contributed by atoms with Crippen molar-refractivity contribution < 1.29 is 18.0 Å². The number of carbonyl (C=O) groups excluding carboxylic acids is 2. The fraction of sp³-hybridized carbons (Fsp3) is 0.333. The molecule has 0 radical (unpaired) electrons. The predicted octanol–water partition coefficient (Wildman–Crippen LogP) is 1.88. The second-order valence-electron chi connectivity index (χ2n) is 7.52. The molecule has 1 aliphatic rings. The molecule has 0 saturated carbocycles. The maximum atomic E-state index is 12.6. The van der Waals surface area contributed by atoms with Gasteiger partial charge in [0.1, 0.15) is 10.8 Å². The lowest BCUT2D eigenvalue weighted by atomic mass is 10.0. The highest BCUT2D eigenvalue weighted by Crippen LogP contribution is 2.34. The molecule has 0 unspecified atom stereocenters. The molecule has 1 fully saturated rings. The molecule has 11 heteroatoms. The molecule has 2 amide bonds. The normalized spacial score (nSPS) is 19.4. The highest BCUT2D eigenvalue weighted by atomic mass is 35.5. The molecule has 2 aromatic rings. The number of pyridine rings is 2. The van der Waals surface area contributed by atoms with Gasteiger partial charge in [-0.25, -0.2) is 13.4 Å². The van der Waals surface area contributed by atoms with Crippen LogP contribution in [-0.4, -0.2) is 71.8 Å². The molecule has 3 heterocycles. The van der Waals surface area contributed by atoms with Crippen LogP contribution in [0.5, 0.6) is 0 Å². The quantitative estimate of drug-likeness (QED) is 0.519. The lowest BCUT2D eigenvalue weighted by Crippen LogP contribution is -2.56. The minimum atomic E-state index is -3.60. The molecule has 2 aromatic heterocycles. The molecule has 32 heavy (non-hydrogen) atoms. The summed E-state index contributed by atoms with van der Waals surface area (Å²) in [6.45, 7) is 5.67. The molecular formula is C21H24ClN5O4S. The first-order valence-electron chi connectivity index (χ1n) is 9.81. The van der Waals surface area contributed by atoms with Gasteiger partial charge in [-0.2, -0.15) is 4.31 Å². The van der Waals surface area contributed by atoms with Crippen molar-refractivity contribution in [2.45, 2.75) is 19.0 Å². The third-order valence-corrected chi connectivity index (χ3v) is 6.78. The van der Waals surface area contributed by atoms with Gasteiger partial charge in [-0.05, 0) is 42.8 Å². The number of hydrogen-bond acceptors (Lipinski definition) is 6. The number of amides is 2. The fourth-order valence-corrected chi connectivity index (χ4v) is 5.48. The summed E-state index contributed by atoms with van der Waals surface area (Å²) >= 11 is 6.30. The number of sulfonamides is 1. The van der Waals surface area contributed by atoms with Crippen LogP contribution in [0, 0.1) is 0 Å². The number of hydrogen-bond donors (Lipinski definition) is 1. The van der Waals surface area contributed by atoms with Gasteiger partial charge in [0.05, 0.1) is 18.0 Å². The Morgan fingerprint density at radius 1 is 1.28 bits per heavy atom. The standard InChI is InChI=1S/C21H24ClN5O4S/c1-5-20(28)26-11-13(2)27(32(4,30)31)18(12-26)15-9-16(25-19(22)10-15)14-6-7-24-17(8-14)21(29)23-3/h5-10,13,18H,1,11-12H2,2-4H3,(H,23,29)/t13-,18+/m1/s1. The van der Waals surface area contributed by atoms with E-state index >= 15 is 0 Å². The summed E-state index contributed by atoms with van der Waals surface area (Å²) < 4.78 is 26.6. The summed E-state index contributed by atoms with van der Waals surface area (Å²) in [5.41, 5.74) is 1.83. The lowest BCUT2D eigenvalue weighted by molar-refractivity contribution is -0.129. The van der Waals surface area contributed by atoms with E-state index in [0.717, 1.165) is 6.26 Å². The van der Waals surface area contributed by atoms with E-state index in [9.17, 15) is 18.0 Å². The zero-order valence-corrected chi connectivity index (χ0v) is 19.5. The smallest absolute Gasteiger partial charge is 0.269 e. The van der Waals surface area contributed by atoms with E-state index < -0.39 is 22.1 Å². The van der Waals surface area contributed by atoms with Crippen LogP contribution in [0.25, 0.3) is 11.3 Å². The number of rotatable bonds is 5. The van der Waals surface area contributed by atoms with Crippen LogP contribution >= 0.6 is 11.6 Å². The number of halogens is 1. The largest absolute Gasteiger partial charge is 0.354 e. The molecule has 1 N–H and O–H groups in total. The Labute approximate surface area is 192 Å². The van der Waals surface area contributed by atoms with Gasteiger partial charge in [-0.1, -0.05) is 18.2 Å². The number of nitrogens with one attached hydrogen (secondary N) is 1. The van der Waals surface area contributed by atoms with Crippen LogP contribution in [0.3, 0.4) is 0 Å². The number of nitrogens with zero attached hydrogens (tertiary/aromatic N) is 4. The second-order valence-corrected chi connectivity index (χ2v) is 9.80.